The van der Waals surface area contributed by atoms with Gasteiger partial charge in [0.25, 0.3) is 0 Å². The van der Waals surface area contributed by atoms with Gasteiger partial charge >= 0.3 is 6.18 Å². The number of nitrogens with one attached hydrogen (secondary N) is 2. The fraction of sp³-hybridized carbons (Fsp3) is 0.667. The molecular formula is C18H27F4N7. The maximum atomic E-state index is 14.8. The molecule has 2 unspecified atom stereocenters. The van der Waals surface area contributed by atoms with E-state index >= 15 is 0 Å². The summed E-state index contributed by atoms with van der Waals surface area (Å²) >= 11 is 0. The molecule has 29 heavy (non-hydrogen) atoms. The van der Waals surface area contributed by atoms with Crippen LogP contribution in [0.3, 0.4) is 0 Å². The van der Waals surface area contributed by atoms with Gasteiger partial charge in [-0.3, -0.25) is 15.3 Å². The summed E-state index contributed by atoms with van der Waals surface area (Å²) in [4.78, 5) is 5.99. The van der Waals surface area contributed by atoms with E-state index in [1.165, 1.54) is 17.9 Å². The number of likely N-dealkylation sites (tertiary alicyclic amines) is 1. The van der Waals surface area contributed by atoms with Gasteiger partial charge < -0.3 is 10.6 Å². The summed E-state index contributed by atoms with van der Waals surface area (Å²) < 4.78 is 55.6. The van der Waals surface area contributed by atoms with E-state index in [0.717, 1.165) is 13.0 Å². The van der Waals surface area contributed by atoms with Crippen LogP contribution in [0.4, 0.5) is 17.6 Å². The van der Waals surface area contributed by atoms with Gasteiger partial charge in [0.15, 0.2) is 0 Å². The summed E-state index contributed by atoms with van der Waals surface area (Å²) in [6.07, 6.45) is -0.499. The Balaban J connectivity index is 1.77. The van der Waals surface area contributed by atoms with Crippen molar-refractivity contribution >= 4 is 6.21 Å². The molecule has 0 bridgehead atoms. The molecule has 162 valence electrons. The predicted molar refractivity (Wildman–Crippen MR) is 102 cm³/mol. The van der Waals surface area contributed by atoms with Crippen LogP contribution in [0.1, 0.15) is 38.3 Å². The van der Waals surface area contributed by atoms with Crippen LogP contribution in [0.5, 0.6) is 0 Å². The van der Waals surface area contributed by atoms with Crippen molar-refractivity contribution < 1.29 is 17.6 Å². The molecule has 4 atom stereocenters. The second-order valence-corrected chi connectivity index (χ2v) is 7.52. The molecule has 0 aromatic carbocycles. The van der Waals surface area contributed by atoms with Gasteiger partial charge in [0.2, 0.25) is 5.79 Å². The molecule has 1 aromatic heterocycles. The molecule has 0 saturated carbocycles. The number of nitrogens with two attached hydrogens (primary N) is 1. The standard InChI is InChI=1S/C18H27F4N7/c1-4-11(2)28-6-5-15(14(19)10-28)29-9-12(7-26-29)18(23)25-8-13(17(20,21)22)16(24-3)27-18/h7-9,11,14-15,24,27H,4-6,10,23H2,1-3H3/t11?,14-,15-,18?/m1/s1. The van der Waals surface area contributed by atoms with E-state index < -0.39 is 29.7 Å². The third-order valence-electron chi connectivity index (χ3n) is 5.67. The number of aromatic nitrogens is 2. The first-order chi connectivity index (χ1) is 13.6. The first-order valence-corrected chi connectivity index (χ1v) is 9.63. The Morgan fingerprint density at radius 2 is 2.17 bits per heavy atom. The molecule has 0 radical (unpaired) electrons. The van der Waals surface area contributed by atoms with E-state index in [-0.39, 0.29) is 5.82 Å². The molecule has 1 aromatic rings. The molecular weight excluding hydrogens is 390 g/mol. The third-order valence-corrected chi connectivity index (χ3v) is 5.67. The smallest absolute Gasteiger partial charge is 0.374 e. The highest BCUT2D eigenvalue weighted by molar-refractivity contribution is 5.82. The minimum atomic E-state index is -4.58. The molecule has 4 N–H and O–H groups in total. The van der Waals surface area contributed by atoms with Crippen LogP contribution in [0, 0.1) is 0 Å². The number of nitrogens with zero attached hydrogens (tertiary/aromatic N) is 4. The van der Waals surface area contributed by atoms with Crippen molar-refractivity contribution in [3.8, 4) is 0 Å². The number of piperidine rings is 1. The molecule has 1 saturated heterocycles. The lowest BCUT2D eigenvalue weighted by atomic mass is 10.0. The predicted octanol–water partition coefficient (Wildman–Crippen LogP) is 2.00. The Morgan fingerprint density at radius 1 is 1.45 bits per heavy atom. The zero-order valence-electron chi connectivity index (χ0n) is 16.7. The van der Waals surface area contributed by atoms with E-state index in [0.29, 0.717) is 30.8 Å². The van der Waals surface area contributed by atoms with Gasteiger partial charge in [-0.1, -0.05) is 6.92 Å². The first-order valence-electron chi connectivity index (χ1n) is 9.63. The summed E-state index contributed by atoms with van der Waals surface area (Å²) in [6, 6.07) is -0.143. The average molecular weight is 417 g/mol. The topological polar surface area (TPSA) is 83.5 Å². The third kappa shape index (κ3) is 4.25. The van der Waals surface area contributed by atoms with Crippen LogP contribution >= 0.6 is 0 Å². The van der Waals surface area contributed by atoms with Crippen molar-refractivity contribution in [2.45, 2.75) is 56.9 Å². The largest absolute Gasteiger partial charge is 0.421 e. The van der Waals surface area contributed by atoms with Gasteiger partial charge in [0, 0.05) is 38.6 Å². The number of hydrogen-bond acceptors (Lipinski definition) is 6. The Kier molecular flexibility index (Phi) is 5.91. The normalized spacial score (nSPS) is 29.7. The van der Waals surface area contributed by atoms with Crippen LogP contribution in [0.25, 0.3) is 0 Å². The van der Waals surface area contributed by atoms with Gasteiger partial charge in [-0.25, -0.2) is 9.38 Å². The fourth-order valence-corrected chi connectivity index (χ4v) is 3.67. The SMILES string of the molecule is CCC(C)N1CC[C@@H](n2cc(C3(N)N=CC(C(F)(F)F)=C(NC)N3)cn2)[C@H](F)C1. The molecule has 2 aliphatic heterocycles. The van der Waals surface area contributed by atoms with E-state index in [9.17, 15) is 17.6 Å². The van der Waals surface area contributed by atoms with Gasteiger partial charge in [-0.05, 0) is 19.8 Å². The summed E-state index contributed by atoms with van der Waals surface area (Å²) in [5.74, 6) is -1.91. The fourth-order valence-electron chi connectivity index (χ4n) is 3.67. The number of aliphatic imine (C=N–C) groups is 1. The second kappa shape index (κ2) is 7.94. The molecule has 3 heterocycles. The average Bonchev–Trinajstić information content (AvgIpc) is 3.17. The zero-order valence-corrected chi connectivity index (χ0v) is 16.7. The van der Waals surface area contributed by atoms with Gasteiger partial charge in [-0.15, -0.1) is 0 Å². The van der Waals surface area contributed by atoms with Crippen LogP contribution < -0.4 is 16.4 Å². The lowest BCUT2D eigenvalue weighted by Crippen LogP contribution is -2.53. The lowest BCUT2D eigenvalue weighted by Gasteiger charge is -2.38. The highest BCUT2D eigenvalue weighted by Gasteiger charge is 2.42. The maximum absolute atomic E-state index is 14.8. The Morgan fingerprint density at radius 3 is 2.76 bits per heavy atom. The summed E-state index contributed by atoms with van der Waals surface area (Å²) in [5.41, 5.74) is 5.60. The van der Waals surface area contributed by atoms with E-state index in [1.54, 1.807) is 6.20 Å². The van der Waals surface area contributed by atoms with Gasteiger partial charge in [-0.2, -0.15) is 18.3 Å². The minimum Gasteiger partial charge on any atom is -0.374 e. The minimum absolute atomic E-state index is 0.284. The maximum Gasteiger partial charge on any atom is 0.421 e. The zero-order chi connectivity index (χ0) is 21.4. The Bertz CT molecular complexity index is 787. The monoisotopic (exact) mass is 417 g/mol. The van der Waals surface area contributed by atoms with Crippen molar-refractivity contribution in [1.29, 1.82) is 0 Å². The lowest BCUT2D eigenvalue weighted by molar-refractivity contribution is -0.0875. The molecule has 0 spiro atoms. The molecule has 3 rings (SSSR count). The number of allylic oxidation sites excluding steroid dienone is 1. The molecule has 11 heteroatoms. The molecule has 0 aliphatic carbocycles. The quantitative estimate of drug-likeness (QED) is 0.639. The first kappa shape index (κ1) is 21.6. The van der Waals surface area contributed by atoms with Crippen molar-refractivity contribution in [2.24, 2.45) is 10.7 Å². The number of halogens is 4. The summed E-state index contributed by atoms with van der Waals surface area (Å²) in [6.45, 7) is 5.22. The highest BCUT2D eigenvalue weighted by atomic mass is 19.4. The summed E-state index contributed by atoms with van der Waals surface area (Å²) in [7, 11) is 1.36. The van der Waals surface area contributed by atoms with Crippen molar-refractivity contribution in [1.82, 2.24) is 25.3 Å². The van der Waals surface area contributed by atoms with Crippen molar-refractivity contribution in [3.63, 3.8) is 0 Å². The van der Waals surface area contributed by atoms with Crippen molar-refractivity contribution in [2.75, 3.05) is 20.1 Å². The molecule has 7 nitrogen and oxygen atoms in total. The number of rotatable bonds is 5. The van der Waals surface area contributed by atoms with E-state index in [2.05, 4.69) is 39.5 Å². The molecule has 2 aliphatic rings. The van der Waals surface area contributed by atoms with Gasteiger partial charge in [0.05, 0.1) is 17.8 Å². The second-order valence-electron chi connectivity index (χ2n) is 7.52. The molecule has 0 amide bonds. The van der Waals surface area contributed by atoms with E-state index in [1.807, 2.05) is 0 Å². The Hall–Kier alpha value is -2.14. The van der Waals surface area contributed by atoms with Crippen LogP contribution in [-0.4, -0.2) is 59.4 Å². The molecule has 1 fully saturated rings. The Labute approximate surface area is 167 Å². The van der Waals surface area contributed by atoms with Crippen LogP contribution in [0.2, 0.25) is 0 Å². The van der Waals surface area contributed by atoms with Crippen LogP contribution in [-0.2, 0) is 5.79 Å². The van der Waals surface area contributed by atoms with E-state index in [4.69, 9.17) is 5.73 Å². The van der Waals surface area contributed by atoms with Gasteiger partial charge in [0.1, 0.15) is 17.6 Å². The van der Waals surface area contributed by atoms with Crippen LogP contribution in [0.15, 0.2) is 28.8 Å². The number of hydrogen-bond donors (Lipinski definition) is 3. The summed E-state index contributed by atoms with van der Waals surface area (Å²) in [5, 5.41) is 9.28. The highest BCUT2D eigenvalue weighted by Crippen LogP contribution is 2.32. The van der Waals surface area contributed by atoms with Crippen molar-refractivity contribution in [3.05, 3.63) is 29.4 Å². The number of alkyl halides is 4.